The van der Waals surface area contributed by atoms with E-state index in [0.29, 0.717) is 11.8 Å². The van der Waals surface area contributed by atoms with Crippen molar-refractivity contribution in [2.45, 2.75) is 44.6 Å². The van der Waals surface area contributed by atoms with Gasteiger partial charge in [0.15, 0.2) is 5.75 Å². The molecule has 0 spiro atoms. The van der Waals surface area contributed by atoms with E-state index in [1.54, 1.807) is 6.20 Å². The van der Waals surface area contributed by atoms with Crippen LogP contribution in [0.4, 0.5) is 0 Å². The van der Waals surface area contributed by atoms with Gasteiger partial charge in [-0.15, -0.1) is 0 Å². The second-order valence-corrected chi connectivity index (χ2v) is 4.44. The summed E-state index contributed by atoms with van der Waals surface area (Å²) in [6, 6.07) is 0.487. The number of aromatic nitrogens is 2. The molecule has 1 heterocycles. The molecule has 0 bridgehead atoms. The zero-order chi connectivity index (χ0) is 12.1. The number of carbonyl (C=O) groups is 1. The van der Waals surface area contributed by atoms with E-state index in [4.69, 9.17) is 9.84 Å². The lowest BCUT2D eigenvalue weighted by Crippen LogP contribution is -2.12. The Morgan fingerprint density at radius 2 is 2.24 bits per heavy atom. The van der Waals surface area contributed by atoms with Crippen LogP contribution in [0.25, 0.3) is 0 Å². The fourth-order valence-corrected chi connectivity index (χ4v) is 2.20. The van der Waals surface area contributed by atoms with Crippen LogP contribution in [0.15, 0.2) is 12.4 Å². The average molecular weight is 238 g/mol. The average Bonchev–Trinajstić information content (AvgIpc) is 2.78. The van der Waals surface area contributed by atoms with Crippen molar-refractivity contribution in [2.24, 2.45) is 0 Å². The molecule has 5 heteroatoms. The predicted molar refractivity (Wildman–Crippen MR) is 62.1 cm³/mol. The van der Waals surface area contributed by atoms with Gasteiger partial charge >= 0.3 is 5.97 Å². The first kappa shape index (κ1) is 12.0. The fraction of sp³-hybridized carbons (Fsp3) is 0.667. The Labute approximate surface area is 100 Å². The van der Waals surface area contributed by atoms with Crippen LogP contribution in [0.5, 0.6) is 5.75 Å². The molecule has 0 aromatic carbocycles. The summed E-state index contributed by atoms with van der Waals surface area (Å²) in [5.74, 6) is -0.179. The van der Waals surface area contributed by atoms with E-state index < -0.39 is 5.97 Å². The van der Waals surface area contributed by atoms with Crippen LogP contribution in [0.1, 0.15) is 44.6 Å². The number of carboxylic acid groups (broad SMARTS) is 1. The second kappa shape index (κ2) is 5.70. The molecule has 1 aliphatic carbocycles. The molecular formula is C12H18N2O3. The molecule has 1 aliphatic rings. The number of hydrogen-bond donors (Lipinski definition) is 1. The molecule has 0 aliphatic heterocycles. The standard InChI is InChI=1S/C12H18N2O3/c15-12(16)6-7-17-11-8-13-14(9-11)10-4-2-1-3-5-10/h8-10H,1-7H2,(H,15,16). The van der Waals surface area contributed by atoms with Crippen molar-refractivity contribution in [3.8, 4) is 5.75 Å². The number of nitrogens with zero attached hydrogens (tertiary/aromatic N) is 2. The van der Waals surface area contributed by atoms with Crippen molar-refractivity contribution in [1.82, 2.24) is 9.78 Å². The van der Waals surface area contributed by atoms with Crippen LogP contribution in [0, 0.1) is 0 Å². The van der Waals surface area contributed by atoms with Gasteiger partial charge in [0, 0.05) is 0 Å². The number of aliphatic carboxylic acids is 1. The lowest BCUT2D eigenvalue weighted by Gasteiger charge is -2.21. The van der Waals surface area contributed by atoms with Gasteiger partial charge in [0.05, 0.1) is 31.5 Å². The third-order valence-corrected chi connectivity index (χ3v) is 3.11. The SMILES string of the molecule is O=C(O)CCOc1cnn(C2CCCCC2)c1. The van der Waals surface area contributed by atoms with Gasteiger partial charge in [-0.3, -0.25) is 9.48 Å². The van der Waals surface area contributed by atoms with Crippen LogP contribution < -0.4 is 4.74 Å². The molecule has 1 aromatic rings. The number of carboxylic acids is 1. The summed E-state index contributed by atoms with van der Waals surface area (Å²) in [4.78, 5) is 10.3. The van der Waals surface area contributed by atoms with E-state index in [-0.39, 0.29) is 13.0 Å². The monoisotopic (exact) mass is 238 g/mol. The highest BCUT2D eigenvalue weighted by Gasteiger charge is 2.16. The lowest BCUT2D eigenvalue weighted by atomic mass is 9.96. The quantitative estimate of drug-likeness (QED) is 0.854. The van der Waals surface area contributed by atoms with Gasteiger partial charge < -0.3 is 9.84 Å². The lowest BCUT2D eigenvalue weighted by molar-refractivity contribution is -0.137. The fourth-order valence-electron chi connectivity index (χ4n) is 2.20. The molecule has 5 nitrogen and oxygen atoms in total. The third kappa shape index (κ3) is 3.47. The summed E-state index contributed by atoms with van der Waals surface area (Å²) in [6.45, 7) is 0.200. The normalized spacial score (nSPS) is 16.9. The maximum Gasteiger partial charge on any atom is 0.306 e. The predicted octanol–water partition coefficient (Wildman–Crippen LogP) is 2.24. The Morgan fingerprint density at radius 1 is 1.47 bits per heavy atom. The Balaban J connectivity index is 1.84. The molecular weight excluding hydrogens is 220 g/mol. The van der Waals surface area contributed by atoms with Gasteiger partial charge in [0.25, 0.3) is 0 Å². The highest BCUT2D eigenvalue weighted by Crippen LogP contribution is 2.28. The maximum absolute atomic E-state index is 10.3. The molecule has 1 saturated carbocycles. The van der Waals surface area contributed by atoms with Crippen molar-refractivity contribution in [1.29, 1.82) is 0 Å². The third-order valence-electron chi connectivity index (χ3n) is 3.11. The first-order chi connectivity index (χ1) is 8.25. The molecule has 1 N–H and O–H groups in total. The molecule has 2 rings (SSSR count). The first-order valence-corrected chi connectivity index (χ1v) is 6.14. The van der Waals surface area contributed by atoms with Crippen molar-refractivity contribution < 1.29 is 14.6 Å². The van der Waals surface area contributed by atoms with E-state index in [1.807, 2.05) is 10.9 Å². The summed E-state index contributed by atoms with van der Waals surface area (Å²) >= 11 is 0. The summed E-state index contributed by atoms with van der Waals surface area (Å²) < 4.78 is 7.28. The van der Waals surface area contributed by atoms with Crippen LogP contribution in [-0.4, -0.2) is 27.5 Å². The minimum atomic E-state index is -0.843. The van der Waals surface area contributed by atoms with E-state index in [0.717, 1.165) is 0 Å². The highest BCUT2D eigenvalue weighted by atomic mass is 16.5. The highest BCUT2D eigenvalue weighted by molar-refractivity contribution is 5.66. The van der Waals surface area contributed by atoms with E-state index in [1.165, 1.54) is 32.1 Å². The summed E-state index contributed by atoms with van der Waals surface area (Å²) in [6.07, 6.45) is 9.76. The molecule has 1 aromatic heterocycles. The van der Waals surface area contributed by atoms with Gasteiger partial charge in [0.2, 0.25) is 0 Å². The van der Waals surface area contributed by atoms with Crippen molar-refractivity contribution in [3.63, 3.8) is 0 Å². The van der Waals surface area contributed by atoms with E-state index >= 15 is 0 Å². The van der Waals surface area contributed by atoms with Crippen molar-refractivity contribution in [2.75, 3.05) is 6.61 Å². The Bertz CT molecular complexity index is 370. The Hall–Kier alpha value is -1.52. The summed E-state index contributed by atoms with van der Waals surface area (Å²) in [5, 5.41) is 12.8. The molecule has 0 amide bonds. The molecule has 0 unspecified atom stereocenters. The number of rotatable bonds is 5. The molecule has 0 atom stereocenters. The minimum Gasteiger partial charge on any atom is -0.490 e. The smallest absolute Gasteiger partial charge is 0.306 e. The van der Waals surface area contributed by atoms with Gasteiger partial charge in [-0.1, -0.05) is 19.3 Å². The molecule has 1 fully saturated rings. The minimum absolute atomic E-state index is 0.0224. The number of hydrogen-bond acceptors (Lipinski definition) is 3. The zero-order valence-corrected chi connectivity index (χ0v) is 9.84. The van der Waals surface area contributed by atoms with Crippen molar-refractivity contribution >= 4 is 5.97 Å². The second-order valence-electron chi connectivity index (χ2n) is 4.44. The Morgan fingerprint density at radius 3 is 2.94 bits per heavy atom. The van der Waals surface area contributed by atoms with E-state index in [9.17, 15) is 4.79 Å². The van der Waals surface area contributed by atoms with Gasteiger partial charge in [-0.25, -0.2) is 0 Å². The summed E-state index contributed by atoms with van der Waals surface area (Å²) in [5.41, 5.74) is 0. The van der Waals surface area contributed by atoms with E-state index in [2.05, 4.69) is 5.10 Å². The zero-order valence-electron chi connectivity index (χ0n) is 9.84. The van der Waals surface area contributed by atoms with Crippen LogP contribution in [0.2, 0.25) is 0 Å². The molecule has 94 valence electrons. The Kier molecular flexibility index (Phi) is 4.01. The first-order valence-electron chi connectivity index (χ1n) is 6.14. The van der Waals surface area contributed by atoms with Crippen LogP contribution >= 0.6 is 0 Å². The van der Waals surface area contributed by atoms with Gasteiger partial charge in [-0.2, -0.15) is 5.10 Å². The van der Waals surface area contributed by atoms with Crippen molar-refractivity contribution in [3.05, 3.63) is 12.4 Å². The van der Waals surface area contributed by atoms with Crippen LogP contribution in [0.3, 0.4) is 0 Å². The maximum atomic E-state index is 10.3. The van der Waals surface area contributed by atoms with Gasteiger partial charge in [-0.05, 0) is 12.8 Å². The molecule has 0 radical (unpaired) electrons. The van der Waals surface area contributed by atoms with Crippen LogP contribution in [-0.2, 0) is 4.79 Å². The largest absolute Gasteiger partial charge is 0.490 e. The van der Waals surface area contributed by atoms with Gasteiger partial charge in [0.1, 0.15) is 0 Å². The topological polar surface area (TPSA) is 64.3 Å². The summed E-state index contributed by atoms with van der Waals surface area (Å²) in [7, 11) is 0. The molecule has 17 heavy (non-hydrogen) atoms. The number of ether oxygens (including phenoxy) is 1. The molecule has 0 saturated heterocycles.